The lowest BCUT2D eigenvalue weighted by Gasteiger charge is -2.15. The van der Waals surface area contributed by atoms with Gasteiger partial charge in [0.15, 0.2) is 0 Å². The molecular formula is C30H20N2O. The fraction of sp³-hybridized carbons (Fsp3) is 0.0667. The molecule has 0 fully saturated rings. The van der Waals surface area contributed by atoms with E-state index in [0.717, 1.165) is 52.1 Å². The van der Waals surface area contributed by atoms with E-state index in [9.17, 15) is 0 Å². The van der Waals surface area contributed by atoms with Gasteiger partial charge in [-0.25, -0.2) is 0 Å². The molecule has 1 aliphatic carbocycles. The second kappa shape index (κ2) is 7.14. The highest BCUT2D eigenvalue weighted by Gasteiger charge is 2.26. The van der Waals surface area contributed by atoms with Crippen LogP contribution in [-0.4, -0.2) is 9.97 Å². The molecule has 0 saturated heterocycles. The Balaban J connectivity index is 1.55. The molecule has 3 nitrogen and oxygen atoms in total. The third kappa shape index (κ3) is 2.82. The summed E-state index contributed by atoms with van der Waals surface area (Å²) in [6, 6.07) is 29.8. The largest absolute Gasteiger partial charge is 0.460 e. The van der Waals surface area contributed by atoms with E-state index in [1.165, 1.54) is 27.5 Å². The van der Waals surface area contributed by atoms with E-state index in [1.54, 1.807) is 0 Å². The second-order valence-corrected chi connectivity index (χ2v) is 8.56. The Labute approximate surface area is 191 Å². The molecule has 7 rings (SSSR count). The van der Waals surface area contributed by atoms with Crippen LogP contribution in [0.15, 0.2) is 102 Å². The van der Waals surface area contributed by atoms with Gasteiger partial charge in [-0.1, -0.05) is 60.7 Å². The lowest BCUT2D eigenvalue weighted by atomic mass is 9.90. The third-order valence-corrected chi connectivity index (χ3v) is 6.64. The fourth-order valence-corrected chi connectivity index (χ4v) is 5.16. The van der Waals surface area contributed by atoms with Gasteiger partial charge in [0.1, 0.15) is 11.3 Å². The highest BCUT2D eigenvalue weighted by molar-refractivity contribution is 6.07. The summed E-state index contributed by atoms with van der Waals surface area (Å²) in [5.74, 6) is 1.01. The highest BCUT2D eigenvalue weighted by Crippen LogP contribution is 2.44. The number of aryl methyl sites for hydroxylation is 2. The third-order valence-electron chi connectivity index (χ3n) is 6.64. The molecule has 3 aromatic heterocycles. The van der Waals surface area contributed by atoms with Gasteiger partial charge in [-0.15, -0.1) is 0 Å². The number of fused-ring (bicyclic) bond motifs is 6. The van der Waals surface area contributed by atoms with Crippen molar-refractivity contribution in [1.82, 2.24) is 9.97 Å². The number of hydrogen-bond donors (Lipinski definition) is 0. The first-order chi connectivity index (χ1) is 16.4. The molecule has 0 amide bonds. The van der Waals surface area contributed by atoms with Crippen LogP contribution in [0.25, 0.3) is 55.4 Å². The van der Waals surface area contributed by atoms with Crippen LogP contribution in [-0.2, 0) is 12.8 Å². The molecule has 0 radical (unpaired) electrons. The van der Waals surface area contributed by atoms with E-state index in [1.807, 2.05) is 24.5 Å². The normalized spacial score (nSPS) is 12.6. The lowest BCUT2D eigenvalue weighted by molar-refractivity contribution is 0.545. The maximum absolute atomic E-state index is 6.33. The van der Waals surface area contributed by atoms with Crippen molar-refractivity contribution in [2.45, 2.75) is 12.8 Å². The summed E-state index contributed by atoms with van der Waals surface area (Å²) in [5.41, 5.74) is 8.70. The minimum Gasteiger partial charge on any atom is -0.460 e. The van der Waals surface area contributed by atoms with Gasteiger partial charge in [0.05, 0.1) is 22.3 Å². The standard InChI is InChI=1S/C30H20N2O/c1-2-7-19(8-3-1)24-18-22(17-21-9-4-5-11-23(21)24)30-28-26(14-16-32-30)33-25-13-12-20-10-6-15-31-29(20)27(25)28/h1-11,14-18H,12-13H2. The molecular weight excluding hydrogens is 404 g/mol. The van der Waals surface area contributed by atoms with Crippen molar-refractivity contribution in [3.63, 3.8) is 0 Å². The van der Waals surface area contributed by atoms with Crippen LogP contribution in [0.5, 0.6) is 0 Å². The van der Waals surface area contributed by atoms with Crippen LogP contribution in [0, 0.1) is 0 Å². The zero-order chi connectivity index (χ0) is 21.8. The highest BCUT2D eigenvalue weighted by atomic mass is 16.3. The Bertz CT molecular complexity index is 1660. The van der Waals surface area contributed by atoms with Crippen molar-refractivity contribution >= 4 is 21.7 Å². The van der Waals surface area contributed by atoms with Crippen LogP contribution in [0.2, 0.25) is 0 Å². The molecule has 0 atom stereocenters. The Morgan fingerprint density at radius 2 is 1.52 bits per heavy atom. The molecule has 0 unspecified atom stereocenters. The van der Waals surface area contributed by atoms with E-state index in [4.69, 9.17) is 14.4 Å². The summed E-state index contributed by atoms with van der Waals surface area (Å²) in [4.78, 5) is 9.63. The van der Waals surface area contributed by atoms with Crippen molar-refractivity contribution in [3.8, 4) is 33.6 Å². The van der Waals surface area contributed by atoms with Gasteiger partial charge in [-0.05, 0) is 58.1 Å². The summed E-state index contributed by atoms with van der Waals surface area (Å²) in [6.07, 6.45) is 5.55. The zero-order valence-electron chi connectivity index (χ0n) is 18.0. The molecule has 0 aliphatic heterocycles. The smallest absolute Gasteiger partial charge is 0.138 e. The minimum atomic E-state index is 0.873. The van der Waals surface area contributed by atoms with Crippen molar-refractivity contribution in [3.05, 3.63) is 109 Å². The Morgan fingerprint density at radius 3 is 2.45 bits per heavy atom. The number of benzene rings is 3. The van der Waals surface area contributed by atoms with Crippen molar-refractivity contribution in [2.24, 2.45) is 0 Å². The molecule has 3 heteroatoms. The Morgan fingerprint density at radius 1 is 0.667 bits per heavy atom. The van der Waals surface area contributed by atoms with Crippen molar-refractivity contribution in [1.29, 1.82) is 0 Å². The zero-order valence-corrected chi connectivity index (χ0v) is 18.0. The predicted octanol–water partition coefficient (Wildman–Crippen LogP) is 7.48. The first kappa shape index (κ1) is 18.3. The van der Waals surface area contributed by atoms with Gasteiger partial charge in [-0.2, -0.15) is 0 Å². The average molecular weight is 425 g/mol. The molecule has 6 aromatic rings. The molecule has 33 heavy (non-hydrogen) atoms. The van der Waals surface area contributed by atoms with Crippen LogP contribution in [0.4, 0.5) is 0 Å². The fourth-order valence-electron chi connectivity index (χ4n) is 5.16. The van der Waals surface area contributed by atoms with Crippen LogP contribution in [0.3, 0.4) is 0 Å². The predicted molar refractivity (Wildman–Crippen MR) is 133 cm³/mol. The lowest BCUT2D eigenvalue weighted by Crippen LogP contribution is -2.03. The first-order valence-electron chi connectivity index (χ1n) is 11.3. The van der Waals surface area contributed by atoms with Gasteiger partial charge in [0.2, 0.25) is 0 Å². The van der Waals surface area contributed by atoms with Crippen LogP contribution < -0.4 is 0 Å². The first-order valence-corrected chi connectivity index (χ1v) is 11.3. The summed E-state index contributed by atoms with van der Waals surface area (Å²) < 4.78 is 6.33. The topological polar surface area (TPSA) is 38.9 Å². The molecule has 0 saturated carbocycles. The number of hydrogen-bond acceptors (Lipinski definition) is 3. The van der Waals surface area contributed by atoms with Gasteiger partial charge in [0, 0.05) is 24.4 Å². The monoisotopic (exact) mass is 424 g/mol. The number of furan rings is 1. The molecule has 3 heterocycles. The van der Waals surface area contributed by atoms with Gasteiger partial charge >= 0.3 is 0 Å². The molecule has 0 bridgehead atoms. The van der Waals surface area contributed by atoms with Crippen molar-refractivity contribution < 1.29 is 4.42 Å². The van der Waals surface area contributed by atoms with E-state index in [0.29, 0.717) is 0 Å². The SMILES string of the molecule is c1ccc(-c2cc(-c3nccc4oc5c(c34)-c3ncccc3CC5)cc3ccccc23)cc1. The minimum absolute atomic E-state index is 0.873. The number of aromatic nitrogens is 2. The Hall–Kier alpha value is -4.24. The summed E-state index contributed by atoms with van der Waals surface area (Å²) in [7, 11) is 0. The molecule has 156 valence electrons. The van der Waals surface area contributed by atoms with Crippen molar-refractivity contribution in [2.75, 3.05) is 0 Å². The van der Waals surface area contributed by atoms with Crippen LogP contribution in [0.1, 0.15) is 11.3 Å². The number of rotatable bonds is 2. The van der Waals surface area contributed by atoms with E-state index in [-0.39, 0.29) is 0 Å². The van der Waals surface area contributed by atoms with E-state index >= 15 is 0 Å². The average Bonchev–Trinajstić information content (AvgIpc) is 3.28. The summed E-state index contributed by atoms with van der Waals surface area (Å²) >= 11 is 0. The number of pyridine rings is 2. The van der Waals surface area contributed by atoms with Crippen LogP contribution >= 0.6 is 0 Å². The second-order valence-electron chi connectivity index (χ2n) is 8.56. The van der Waals surface area contributed by atoms with Gasteiger partial charge in [-0.3, -0.25) is 9.97 Å². The molecule has 3 aromatic carbocycles. The Kier molecular flexibility index (Phi) is 3.97. The van der Waals surface area contributed by atoms with E-state index in [2.05, 4.69) is 72.8 Å². The number of nitrogens with zero attached hydrogens (tertiary/aromatic N) is 2. The quantitative estimate of drug-likeness (QED) is 0.289. The maximum Gasteiger partial charge on any atom is 0.138 e. The van der Waals surface area contributed by atoms with Gasteiger partial charge < -0.3 is 4.42 Å². The molecule has 0 N–H and O–H groups in total. The maximum atomic E-state index is 6.33. The summed E-state index contributed by atoms with van der Waals surface area (Å²) in [6.45, 7) is 0. The molecule has 0 spiro atoms. The molecule has 1 aliphatic rings. The van der Waals surface area contributed by atoms with Gasteiger partial charge in [0.25, 0.3) is 0 Å². The summed E-state index contributed by atoms with van der Waals surface area (Å²) in [5, 5.41) is 3.49. The van der Waals surface area contributed by atoms with E-state index < -0.39 is 0 Å².